The average Bonchev–Trinajstić information content (AvgIpc) is 2.67. The molecule has 1 fully saturated rings. The predicted molar refractivity (Wildman–Crippen MR) is 97.7 cm³/mol. The Bertz CT molecular complexity index is 754. The van der Waals surface area contributed by atoms with Gasteiger partial charge in [0.15, 0.2) is 0 Å². The summed E-state index contributed by atoms with van der Waals surface area (Å²) in [6.07, 6.45) is 2.68. The smallest absolute Gasteiger partial charge is 0.318 e. The summed E-state index contributed by atoms with van der Waals surface area (Å²) in [5.74, 6) is -1.14. The van der Waals surface area contributed by atoms with Crippen LogP contribution in [0.25, 0.3) is 0 Å². The molecule has 1 unspecified atom stereocenters. The van der Waals surface area contributed by atoms with Gasteiger partial charge in [-0.1, -0.05) is 35.9 Å². The number of carboxylic acids is 1. The summed E-state index contributed by atoms with van der Waals surface area (Å²) in [5.41, 5.74) is 2.88. The van der Waals surface area contributed by atoms with Gasteiger partial charge in [-0.05, 0) is 37.5 Å². The Morgan fingerprint density at radius 3 is 2.42 bits per heavy atom. The number of benzene rings is 1. The maximum atomic E-state index is 12.7. The van der Waals surface area contributed by atoms with E-state index < -0.39 is 5.97 Å². The van der Waals surface area contributed by atoms with Crippen molar-refractivity contribution in [1.29, 1.82) is 0 Å². The molecule has 1 aromatic heterocycles. The van der Waals surface area contributed by atoms with Gasteiger partial charge >= 0.3 is 12.0 Å². The van der Waals surface area contributed by atoms with Crippen LogP contribution in [0.2, 0.25) is 0 Å². The van der Waals surface area contributed by atoms with E-state index in [0.717, 1.165) is 16.8 Å². The van der Waals surface area contributed by atoms with Gasteiger partial charge in [0.25, 0.3) is 0 Å². The number of carbonyl (C=O) groups is 2. The zero-order chi connectivity index (χ0) is 18.5. The van der Waals surface area contributed by atoms with Crippen LogP contribution in [0.4, 0.5) is 4.79 Å². The van der Waals surface area contributed by atoms with Gasteiger partial charge < -0.3 is 15.3 Å². The molecule has 6 heteroatoms. The van der Waals surface area contributed by atoms with E-state index in [1.54, 1.807) is 11.1 Å². The standard InChI is InChI=1S/C20H23N3O3/c1-14-5-7-15(8-6-14)18(17-4-2-3-11-21-17)22-20(26)23-12-9-16(10-13-23)19(24)25/h2-8,11,16,18H,9-10,12-13H2,1H3,(H,22,26)(H,24,25). The van der Waals surface area contributed by atoms with Crippen LogP contribution >= 0.6 is 0 Å². The molecule has 1 atom stereocenters. The lowest BCUT2D eigenvalue weighted by atomic mass is 9.97. The van der Waals surface area contributed by atoms with Crippen molar-refractivity contribution in [3.63, 3.8) is 0 Å². The summed E-state index contributed by atoms with van der Waals surface area (Å²) in [6, 6.07) is 13.1. The van der Waals surface area contributed by atoms with Gasteiger partial charge in [0.2, 0.25) is 0 Å². The van der Waals surface area contributed by atoms with Crippen LogP contribution in [0.15, 0.2) is 48.7 Å². The first-order valence-electron chi connectivity index (χ1n) is 8.80. The Hall–Kier alpha value is -2.89. The number of hydrogen-bond donors (Lipinski definition) is 2. The molecular weight excluding hydrogens is 330 g/mol. The second kappa shape index (κ2) is 7.99. The molecule has 1 aliphatic heterocycles. The second-order valence-electron chi connectivity index (χ2n) is 6.65. The summed E-state index contributed by atoms with van der Waals surface area (Å²) < 4.78 is 0. The van der Waals surface area contributed by atoms with Crippen molar-refractivity contribution in [2.45, 2.75) is 25.8 Å². The van der Waals surface area contributed by atoms with Crippen molar-refractivity contribution in [1.82, 2.24) is 15.2 Å². The second-order valence-corrected chi connectivity index (χ2v) is 6.65. The van der Waals surface area contributed by atoms with Crippen molar-refractivity contribution in [2.75, 3.05) is 13.1 Å². The van der Waals surface area contributed by atoms with Crippen LogP contribution in [0, 0.1) is 12.8 Å². The Labute approximate surface area is 152 Å². The predicted octanol–water partition coefficient (Wildman–Crippen LogP) is 2.99. The monoisotopic (exact) mass is 353 g/mol. The SMILES string of the molecule is Cc1ccc(C(NC(=O)N2CCC(C(=O)O)CC2)c2ccccn2)cc1. The lowest BCUT2D eigenvalue weighted by molar-refractivity contribution is -0.143. The van der Waals surface area contributed by atoms with Gasteiger partial charge in [0, 0.05) is 19.3 Å². The van der Waals surface area contributed by atoms with E-state index in [1.807, 2.05) is 49.4 Å². The number of aliphatic carboxylic acids is 1. The fraction of sp³-hybridized carbons (Fsp3) is 0.350. The largest absolute Gasteiger partial charge is 0.481 e. The molecule has 136 valence electrons. The average molecular weight is 353 g/mol. The number of hydrogen-bond acceptors (Lipinski definition) is 3. The number of amides is 2. The van der Waals surface area contributed by atoms with E-state index >= 15 is 0 Å². The van der Waals surface area contributed by atoms with E-state index in [1.165, 1.54) is 0 Å². The Morgan fingerprint density at radius 1 is 1.15 bits per heavy atom. The Balaban J connectivity index is 1.75. The highest BCUT2D eigenvalue weighted by molar-refractivity contribution is 5.76. The van der Waals surface area contributed by atoms with Gasteiger partial charge in [-0.25, -0.2) is 4.79 Å². The van der Waals surface area contributed by atoms with Crippen molar-refractivity contribution in [3.05, 3.63) is 65.5 Å². The van der Waals surface area contributed by atoms with Crippen LogP contribution in [0.1, 0.15) is 35.7 Å². The molecule has 0 aliphatic carbocycles. The third-order valence-electron chi connectivity index (χ3n) is 4.79. The minimum Gasteiger partial charge on any atom is -0.481 e. The highest BCUT2D eigenvalue weighted by Gasteiger charge is 2.28. The lowest BCUT2D eigenvalue weighted by Crippen LogP contribution is -2.46. The molecule has 1 saturated heterocycles. The van der Waals surface area contributed by atoms with Gasteiger partial charge in [0.05, 0.1) is 17.7 Å². The van der Waals surface area contributed by atoms with Crippen molar-refractivity contribution in [3.8, 4) is 0 Å². The summed E-state index contributed by atoms with van der Waals surface area (Å²) in [6.45, 7) is 2.92. The molecule has 2 N–H and O–H groups in total. The number of piperidine rings is 1. The third-order valence-corrected chi connectivity index (χ3v) is 4.79. The molecule has 0 saturated carbocycles. The van der Waals surface area contributed by atoms with Crippen LogP contribution in [0.5, 0.6) is 0 Å². The van der Waals surface area contributed by atoms with E-state index in [0.29, 0.717) is 25.9 Å². The number of carboxylic acid groups (broad SMARTS) is 1. The van der Waals surface area contributed by atoms with Crippen molar-refractivity contribution in [2.24, 2.45) is 5.92 Å². The molecule has 0 spiro atoms. The zero-order valence-electron chi connectivity index (χ0n) is 14.8. The first-order chi connectivity index (χ1) is 12.5. The number of rotatable bonds is 4. The molecule has 2 aromatic rings. The Kier molecular flexibility index (Phi) is 5.51. The number of nitrogens with zero attached hydrogens (tertiary/aromatic N) is 2. The van der Waals surface area contributed by atoms with Crippen LogP contribution < -0.4 is 5.32 Å². The zero-order valence-corrected chi connectivity index (χ0v) is 14.8. The summed E-state index contributed by atoms with van der Waals surface area (Å²) >= 11 is 0. The molecular formula is C20H23N3O3. The number of carbonyl (C=O) groups excluding carboxylic acids is 1. The molecule has 0 bridgehead atoms. The van der Waals surface area contributed by atoms with Crippen LogP contribution in [-0.2, 0) is 4.79 Å². The van der Waals surface area contributed by atoms with Gasteiger partial charge in [0.1, 0.15) is 0 Å². The van der Waals surface area contributed by atoms with Gasteiger partial charge in [-0.3, -0.25) is 9.78 Å². The van der Waals surface area contributed by atoms with E-state index in [2.05, 4.69) is 10.3 Å². The number of aryl methyl sites for hydroxylation is 1. The summed E-state index contributed by atoms with van der Waals surface area (Å²) in [7, 11) is 0. The van der Waals surface area contributed by atoms with Gasteiger partial charge in [-0.15, -0.1) is 0 Å². The quantitative estimate of drug-likeness (QED) is 0.885. The molecule has 1 aliphatic rings. The van der Waals surface area contributed by atoms with E-state index in [-0.39, 0.29) is 18.0 Å². The van der Waals surface area contributed by atoms with Crippen LogP contribution in [0.3, 0.4) is 0 Å². The number of nitrogens with one attached hydrogen (secondary N) is 1. The number of urea groups is 1. The van der Waals surface area contributed by atoms with E-state index in [9.17, 15) is 9.59 Å². The first kappa shape index (κ1) is 17.9. The number of aromatic nitrogens is 1. The van der Waals surface area contributed by atoms with Gasteiger partial charge in [-0.2, -0.15) is 0 Å². The maximum Gasteiger partial charge on any atom is 0.318 e. The minimum absolute atomic E-state index is 0.190. The summed E-state index contributed by atoms with van der Waals surface area (Å²) in [5, 5.41) is 12.2. The molecule has 2 amide bonds. The lowest BCUT2D eigenvalue weighted by Gasteiger charge is -2.31. The van der Waals surface area contributed by atoms with Crippen molar-refractivity contribution >= 4 is 12.0 Å². The fourth-order valence-electron chi connectivity index (χ4n) is 3.18. The van der Waals surface area contributed by atoms with Crippen molar-refractivity contribution < 1.29 is 14.7 Å². The normalized spacial score (nSPS) is 16.1. The minimum atomic E-state index is -0.781. The van der Waals surface area contributed by atoms with Crippen LogP contribution in [-0.4, -0.2) is 40.1 Å². The van der Waals surface area contributed by atoms with E-state index in [4.69, 9.17) is 5.11 Å². The first-order valence-corrected chi connectivity index (χ1v) is 8.80. The Morgan fingerprint density at radius 2 is 1.85 bits per heavy atom. The molecule has 6 nitrogen and oxygen atoms in total. The number of likely N-dealkylation sites (tertiary alicyclic amines) is 1. The molecule has 0 radical (unpaired) electrons. The molecule has 26 heavy (non-hydrogen) atoms. The fourth-order valence-corrected chi connectivity index (χ4v) is 3.18. The third kappa shape index (κ3) is 4.20. The summed E-state index contributed by atoms with van der Waals surface area (Å²) in [4.78, 5) is 29.9. The molecule has 2 heterocycles. The molecule has 1 aromatic carbocycles. The number of pyridine rings is 1. The highest BCUT2D eigenvalue weighted by Crippen LogP contribution is 2.22. The topological polar surface area (TPSA) is 82.5 Å². The highest BCUT2D eigenvalue weighted by atomic mass is 16.4. The maximum absolute atomic E-state index is 12.7. The molecule has 3 rings (SSSR count).